The predicted molar refractivity (Wildman–Crippen MR) is 53.2 cm³/mol. The Morgan fingerprint density at radius 2 is 1.85 bits per heavy atom. The maximum absolute atomic E-state index is 10.1. The lowest BCUT2D eigenvalue weighted by Crippen LogP contribution is -2.48. The summed E-state index contributed by atoms with van der Waals surface area (Å²) in [6.07, 6.45) is -2.37. The number of rotatable bonds is 5. The van der Waals surface area contributed by atoms with Crippen molar-refractivity contribution in [1.29, 1.82) is 0 Å². The standard InChI is InChI=1S/C6H13NO4S.ClH/c7-3(1-8)5(10)6(11)4(12)2-9;/h1,3-6,9-12H,2,7H2;1H/t3-,4+,5+,6+;/m0./s1. The molecule has 0 fully saturated rings. The van der Waals surface area contributed by atoms with Gasteiger partial charge in [0.1, 0.15) is 12.4 Å². The predicted octanol–water partition coefficient (Wildman–Crippen LogP) is -2.05. The SMILES string of the molecule is Cl.N[C@@H](C=O)[C@@H](O)[C@H](O)[C@H](S)CO. The first-order valence-electron chi connectivity index (χ1n) is 3.40. The van der Waals surface area contributed by atoms with Crippen LogP contribution in [0.5, 0.6) is 0 Å². The molecular weight excluding hydrogens is 218 g/mol. The van der Waals surface area contributed by atoms with Gasteiger partial charge in [-0.05, 0) is 0 Å². The first-order valence-corrected chi connectivity index (χ1v) is 3.92. The first kappa shape index (κ1) is 15.6. The van der Waals surface area contributed by atoms with Crippen LogP contribution in [0.3, 0.4) is 0 Å². The molecule has 0 bridgehead atoms. The van der Waals surface area contributed by atoms with E-state index < -0.39 is 30.1 Å². The van der Waals surface area contributed by atoms with E-state index >= 15 is 0 Å². The third kappa shape index (κ3) is 4.80. The first-order chi connectivity index (χ1) is 5.54. The Hall–Kier alpha value is 0.150. The van der Waals surface area contributed by atoms with Crippen molar-refractivity contribution < 1.29 is 20.1 Å². The van der Waals surface area contributed by atoms with Crippen LogP contribution in [0.4, 0.5) is 0 Å². The van der Waals surface area contributed by atoms with Gasteiger partial charge >= 0.3 is 0 Å². The van der Waals surface area contributed by atoms with Crippen LogP contribution < -0.4 is 5.73 Å². The summed E-state index contributed by atoms with van der Waals surface area (Å²) in [6.45, 7) is -0.396. The number of carbonyl (C=O) groups excluding carboxylic acids is 1. The molecule has 0 aromatic carbocycles. The van der Waals surface area contributed by atoms with Gasteiger partial charge in [-0.25, -0.2) is 0 Å². The van der Waals surface area contributed by atoms with Gasteiger partial charge in [0, 0.05) is 0 Å². The Kier molecular flexibility index (Phi) is 9.06. The molecule has 0 saturated heterocycles. The molecule has 0 aromatic heterocycles. The topological polar surface area (TPSA) is 104 Å². The van der Waals surface area contributed by atoms with Gasteiger partial charge < -0.3 is 25.8 Å². The molecule has 0 radical (unpaired) electrons. The Labute approximate surface area is 87.8 Å². The van der Waals surface area contributed by atoms with Crippen molar-refractivity contribution in [3.8, 4) is 0 Å². The maximum Gasteiger partial charge on any atom is 0.139 e. The molecule has 5 N–H and O–H groups in total. The van der Waals surface area contributed by atoms with Crippen LogP contribution in [-0.2, 0) is 4.79 Å². The number of thiol groups is 1. The number of hydrogen-bond acceptors (Lipinski definition) is 6. The fourth-order valence-corrected chi connectivity index (χ4v) is 0.820. The summed E-state index contributed by atoms with van der Waals surface area (Å²) in [7, 11) is 0. The van der Waals surface area contributed by atoms with E-state index in [0.29, 0.717) is 6.29 Å². The normalized spacial score (nSPS) is 19.5. The lowest BCUT2D eigenvalue weighted by molar-refractivity contribution is -0.113. The van der Waals surface area contributed by atoms with Gasteiger partial charge in [-0.2, -0.15) is 12.6 Å². The molecule has 0 amide bonds. The van der Waals surface area contributed by atoms with Gasteiger partial charge in [0.2, 0.25) is 0 Å². The van der Waals surface area contributed by atoms with Crippen molar-refractivity contribution >= 4 is 31.3 Å². The number of aliphatic hydroxyl groups excluding tert-OH is 3. The minimum Gasteiger partial charge on any atom is -0.395 e. The van der Waals surface area contributed by atoms with Crippen LogP contribution >= 0.6 is 25.0 Å². The van der Waals surface area contributed by atoms with Gasteiger partial charge in [0.05, 0.1) is 24.0 Å². The zero-order valence-electron chi connectivity index (χ0n) is 6.78. The number of aliphatic hydroxyl groups is 3. The summed E-state index contributed by atoms with van der Waals surface area (Å²) >= 11 is 3.77. The Morgan fingerprint density at radius 1 is 1.38 bits per heavy atom. The molecule has 5 nitrogen and oxygen atoms in total. The molecule has 0 rings (SSSR count). The number of nitrogens with two attached hydrogens (primary N) is 1. The number of carbonyl (C=O) groups is 1. The third-order valence-electron chi connectivity index (χ3n) is 1.48. The lowest BCUT2D eigenvalue weighted by atomic mass is 10.0. The minimum absolute atomic E-state index is 0. The van der Waals surface area contributed by atoms with Gasteiger partial charge in [-0.1, -0.05) is 0 Å². The van der Waals surface area contributed by atoms with Crippen LogP contribution in [0.15, 0.2) is 0 Å². The smallest absolute Gasteiger partial charge is 0.139 e. The molecule has 7 heteroatoms. The molecule has 0 unspecified atom stereocenters. The molecule has 0 heterocycles. The molecule has 80 valence electrons. The van der Waals surface area contributed by atoms with Gasteiger partial charge in [0.15, 0.2) is 0 Å². The summed E-state index contributed by atoms with van der Waals surface area (Å²) in [5, 5.41) is 26.0. The van der Waals surface area contributed by atoms with E-state index in [4.69, 9.17) is 21.1 Å². The van der Waals surface area contributed by atoms with E-state index in [0.717, 1.165) is 0 Å². The molecule has 0 aliphatic carbocycles. The summed E-state index contributed by atoms with van der Waals surface area (Å²) < 4.78 is 0. The molecular formula is C6H14ClNO4S. The minimum atomic E-state index is -1.39. The molecule has 4 atom stereocenters. The quantitative estimate of drug-likeness (QED) is 0.277. The van der Waals surface area contributed by atoms with Gasteiger partial charge in [-0.15, -0.1) is 12.4 Å². The van der Waals surface area contributed by atoms with E-state index in [9.17, 15) is 4.79 Å². The van der Waals surface area contributed by atoms with Gasteiger partial charge in [0.25, 0.3) is 0 Å². The zero-order chi connectivity index (χ0) is 9.72. The fraction of sp³-hybridized carbons (Fsp3) is 0.833. The summed E-state index contributed by atoms with van der Waals surface area (Å²) in [6, 6.07) is -1.15. The average molecular weight is 232 g/mol. The van der Waals surface area contributed by atoms with Crippen LogP contribution in [0.2, 0.25) is 0 Å². The van der Waals surface area contributed by atoms with Crippen molar-refractivity contribution in [2.75, 3.05) is 6.61 Å². The van der Waals surface area contributed by atoms with E-state index in [-0.39, 0.29) is 12.4 Å². The van der Waals surface area contributed by atoms with Crippen molar-refractivity contribution in [3.05, 3.63) is 0 Å². The highest BCUT2D eigenvalue weighted by Gasteiger charge is 2.27. The van der Waals surface area contributed by atoms with E-state index in [1.807, 2.05) is 0 Å². The van der Waals surface area contributed by atoms with Crippen molar-refractivity contribution in [1.82, 2.24) is 0 Å². The molecule has 13 heavy (non-hydrogen) atoms. The number of aldehydes is 1. The summed E-state index contributed by atoms with van der Waals surface area (Å²) in [5.74, 6) is 0. The highest BCUT2D eigenvalue weighted by Crippen LogP contribution is 2.07. The Morgan fingerprint density at radius 3 is 2.15 bits per heavy atom. The summed E-state index contributed by atoms with van der Waals surface area (Å²) in [4.78, 5) is 10.1. The molecule has 0 aliphatic rings. The van der Waals surface area contributed by atoms with Crippen molar-refractivity contribution in [2.45, 2.75) is 23.5 Å². The lowest BCUT2D eigenvalue weighted by Gasteiger charge is -2.23. The second-order valence-corrected chi connectivity index (χ2v) is 3.11. The maximum atomic E-state index is 10.1. The Bertz CT molecular complexity index is 151. The Balaban J connectivity index is 0. The molecule has 0 aliphatic heterocycles. The number of hydrogen-bond donors (Lipinski definition) is 5. The number of halogens is 1. The van der Waals surface area contributed by atoms with E-state index in [1.165, 1.54) is 0 Å². The van der Waals surface area contributed by atoms with E-state index in [2.05, 4.69) is 12.6 Å². The molecule has 0 spiro atoms. The van der Waals surface area contributed by atoms with Crippen molar-refractivity contribution in [3.63, 3.8) is 0 Å². The molecule has 0 saturated carbocycles. The third-order valence-corrected chi connectivity index (χ3v) is 1.95. The van der Waals surface area contributed by atoms with Crippen LogP contribution in [0.1, 0.15) is 0 Å². The highest BCUT2D eigenvalue weighted by atomic mass is 35.5. The fourth-order valence-electron chi connectivity index (χ4n) is 0.644. The average Bonchev–Trinajstić information content (AvgIpc) is 2.12. The zero-order valence-corrected chi connectivity index (χ0v) is 8.49. The van der Waals surface area contributed by atoms with Gasteiger partial charge in [-0.3, -0.25) is 0 Å². The van der Waals surface area contributed by atoms with Crippen LogP contribution in [0.25, 0.3) is 0 Å². The van der Waals surface area contributed by atoms with Crippen LogP contribution in [-0.4, -0.2) is 51.7 Å². The highest BCUT2D eigenvalue weighted by molar-refractivity contribution is 7.81. The largest absolute Gasteiger partial charge is 0.395 e. The van der Waals surface area contributed by atoms with Crippen LogP contribution in [0, 0.1) is 0 Å². The molecule has 0 aromatic rings. The van der Waals surface area contributed by atoms with Crippen molar-refractivity contribution in [2.24, 2.45) is 5.73 Å². The van der Waals surface area contributed by atoms with E-state index in [1.54, 1.807) is 0 Å². The monoisotopic (exact) mass is 231 g/mol. The second kappa shape index (κ2) is 7.54. The second-order valence-electron chi connectivity index (χ2n) is 2.44. The summed E-state index contributed by atoms with van der Waals surface area (Å²) in [5.41, 5.74) is 5.12.